The first-order valence-electron chi connectivity index (χ1n) is 12.4. The van der Waals surface area contributed by atoms with E-state index < -0.39 is 0 Å². The predicted molar refractivity (Wildman–Crippen MR) is 146 cm³/mol. The molecule has 2 N–H and O–H groups in total. The van der Waals surface area contributed by atoms with E-state index in [9.17, 15) is 9.59 Å². The van der Waals surface area contributed by atoms with Crippen molar-refractivity contribution in [1.82, 2.24) is 19.9 Å². The van der Waals surface area contributed by atoms with Crippen molar-refractivity contribution in [2.45, 2.75) is 45.3 Å². The average molecular weight is 515 g/mol. The second kappa shape index (κ2) is 11.0. The Morgan fingerprint density at radius 1 is 1.14 bits per heavy atom. The molecular formula is C28H30N6O2S. The average Bonchev–Trinajstić information content (AvgIpc) is 3.65. The minimum Gasteiger partial charge on any atom is -0.363 e. The number of thiazole rings is 1. The Balaban J connectivity index is 1.26. The Morgan fingerprint density at radius 3 is 2.68 bits per heavy atom. The standard InChI is InChI=1S/C28H30N6O2S/c1-19(30-20(2)35)22-7-9-23(10-8-22)34-16-4-5-25(34)24-18-37-28(31-24)32-27(36)26-6-3-15-33(26)17-21-11-13-29-14-12-21/h3,6-15,18-19,25H,4-5,16-17H2,1-2H3,(H,30,35)(H,31,32,36)/t19-,25?/m0/s1. The summed E-state index contributed by atoms with van der Waals surface area (Å²) in [5, 5.41) is 8.56. The Hall–Kier alpha value is -3.98. The third kappa shape index (κ3) is 5.72. The van der Waals surface area contributed by atoms with E-state index in [1.54, 1.807) is 12.4 Å². The molecule has 2 amide bonds. The maximum absolute atomic E-state index is 13.0. The molecule has 0 spiro atoms. The summed E-state index contributed by atoms with van der Waals surface area (Å²) in [5.41, 5.74) is 4.84. The molecule has 0 saturated carbocycles. The van der Waals surface area contributed by atoms with Gasteiger partial charge >= 0.3 is 0 Å². The number of amides is 2. The molecule has 190 valence electrons. The van der Waals surface area contributed by atoms with E-state index in [4.69, 9.17) is 4.98 Å². The highest BCUT2D eigenvalue weighted by atomic mass is 32.1. The number of hydrogen-bond donors (Lipinski definition) is 2. The summed E-state index contributed by atoms with van der Waals surface area (Å²) in [6.07, 6.45) is 7.50. The van der Waals surface area contributed by atoms with E-state index in [-0.39, 0.29) is 23.9 Å². The fraction of sp³-hybridized carbons (Fsp3) is 0.286. The zero-order valence-corrected chi connectivity index (χ0v) is 21.7. The van der Waals surface area contributed by atoms with Gasteiger partial charge in [-0.1, -0.05) is 12.1 Å². The number of rotatable bonds is 8. The number of nitrogens with zero attached hydrogens (tertiary/aromatic N) is 4. The SMILES string of the molecule is CC(=O)N[C@@H](C)c1ccc(N2CCCC2c2csc(NC(=O)c3cccn3Cc3ccncc3)n2)cc1. The summed E-state index contributed by atoms with van der Waals surface area (Å²) >= 11 is 1.45. The number of pyridine rings is 1. The Labute approximate surface area is 220 Å². The molecule has 2 atom stereocenters. The van der Waals surface area contributed by atoms with Crippen LogP contribution in [0.25, 0.3) is 0 Å². The van der Waals surface area contributed by atoms with Crippen molar-refractivity contribution < 1.29 is 9.59 Å². The van der Waals surface area contributed by atoms with Gasteiger partial charge in [0.05, 0.1) is 17.8 Å². The van der Waals surface area contributed by atoms with E-state index in [0.717, 1.165) is 41.9 Å². The first-order chi connectivity index (χ1) is 18.0. The maximum atomic E-state index is 13.0. The predicted octanol–water partition coefficient (Wildman–Crippen LogP) is 5.18. The van der Waals surface area contributed by atoms with E-state index >= 15 is 0 Å². The van der Waals surface area contributed by atoms with Crippen molar-refractivity contribution in [2.75, 3.05) is 16.8 Å². The molecule has 4 aromatic rings. The van der Waals surface area contributed by atoms with Crippen LogP contribution in [0.1, 0.15) is 66.1 Å². The van der Waals surface area contributed by atoms with Crippen LogP contribution in [-0.2, 0) is 11.3 Å². The molecule has 1 aliphatic rings. The minimum absolute atomic E-state index is 0.0311. The van der Waals surface area contributed by atoms with Gasteiger partial charge in [-0.15, -0.1) is 11.3 Å². The molecule has 1 fully saturated rings. The van der Waals surface area contributed by atoms with E-state index in [1.165, 1.54) is 18.3 Å². The molecule has 0 radical (unpaired) electrons. The maximum Gasteiger partial charge on any atom is 0.274 e. The molecule has 37 heavy (non-hydrogen) atoms. The van der Waals surface area contributed by atoms with Crippen molar-refractivity contribution in [2.24, 2.45) is 0 Å². The smallest absolute Gasteiger partial charge is 0.274 e. The number of anilines is 2. The van der Waals surface area contributed by atoms with Crippen LogP contribution < -0.4 is 15.5 Å². The Kier molecular flexibility index (Phi) is 7.32. The van der Waals surface area contributed by atoms with Crippen LogP contribution in [0.4, 0.5) is 10.8 Å². The first kappa shape index (κ1) is 24.7. The summed E-state index contributed by atoms with van der Waals surface area (Å²) in [6.45, 7) is 5.06. The van der Waals surface area contributed by atoms with E-state index in [2.05, 4.69) is 44.8 Å². The van der Waals surface area contributed by atoms with Gasteiger partial charge in [0.2, 0.25) is 5.91 Å². The lowest BCUT2D eigenvalue weighted by atomic mass is 10.1. The van der Waals surface area contributed by atoms with Gasteiger partial charge in [-0.3, -0.25) is 19.9 Å². The van der Waals surface area contributed by atoms with Gasteiger partial charge in [-0.05, 0) is 67.3 Å². The number of aromatic nitrogens is 3. The Bertz CT molecular complexity index is 1360. The molecule has 1 unspecified atom stereocenters. The highest BCUT2D eigenvalue weighted by Crippen LogP contribution is 2.37. The monoisotopic (exact) mass is 514 g/mol. The molecule has 3 aromatic heterocycles. The van der Waals surface area contributed by atoms with Crippen molar-refractivity contribution >= 4 is 34.0 Å². The number of nitrogens with one attached hydrogen (secondary N) is 2. The van der Waals surface area contributed by atoms with E-state index in [1.807, 2.05) is 47.3 Å². The number of carbonyl (C=O) groups excluding carboxylic acids is 2. The summed E-state index contributed by atoms with van der Waals surface area (Å²) in [7, 11) is 0. The summed E-state index contributed by atoms with van der Waals surface area (Å²) in [4.78, 5) is 35.6. The molecule has 0 bridgehead atoms. The van der Waals surface area contributed by atoms with Crippen LogP contribution in [0.5, 0.6) is 0 Å². The van der Waals surface area contributed by atoms with Crippen LogP contribution in [-0.4, -0.2) is 32.9 Å². The molecule has 8 nitrogen and oxygen atoms in total. The quantitative estimate of drug-likeness (QED) is 0.338. The molecule has 1 aliphatic heterocycles. The van der Waals surface area contributed by atoms with Crippen molar-refractivity contribution in [1.29, 1.82) is 0 Å². The third-order valence-electron chi connectivity index (χ3n) is 6.65. The topological polar surface area (TPSA) is 92.2 Å². The van der Waals surface area contributed by atoms with Crippen LogP contribution in [0, 0.1) is 0 Å². The Morgan fingerprint density at radius 2 is 1.92 bits per heavy atom. The van der Waals surface area contributed by atoms with E-state index in [0.29, 0.717) is 17.4 Å². The second-order valence-corrected chi connectivity index (χ2v) is 10.1. The zero-order valence-electron chi connectivity index (χ0n) is 20.9. The molecule has 1 aromatic carbocycles. The fourth-order valence-corrected chi connectivity index (χ4v) is 5.58. The number of carbonyl (C=O) groups is 2. The van der Waals surface area contributed by atoms with Crippen molar-refractivity contribution in [3.8, 4) is 0 Å². The van der Waals surface area contributed by atoms with Gasteiger partial charge in [0.25, 0.3) is 5.91 Å². The zero-order chi connectivity index (χ0) is 25.8. The van der Waals surface area contributed by atoms with Crippen LogP contribution in [0.2, 0.25) is 0 Å². The first-order valence-corrected chi connectivity index (χ1v) is 13.3. The van der Waals surface area contributed by atoms with Crippen molar-refractivity contribution in [3.63, 3.8) is 0 Å². The molecule has 1 saturated heterocycles. The third-order valence-corrected chi connectivity index (χ3v) is 7.42. The van der Waals surface area contributed by atoms with Gasteiger partial charge in [0, 0.05) is 49.7 Å². The van der Waals surface area contributed by atoms with Gasteiger partial charge in [-0.2, -0.15) is 0 Å². The molecule has 0 aliphatic carbocycles. The highest BCUT2D eigenvalue weighted by Gasteiger charge is 2.28. The molecule has 5 rings (SSSR count). The van der Waals surface area contributed by atoms with Gasteiger partial charge < -0.3 is 14.8 Å². The van der Waals surface area contributed by atoms with Crippen molar-refractivity contribution in [3.05, 3.63) is 95.0 Å². The normalized spacial score (nSPS) is 15.9. The largest absolute Gasteiger partial charge is 0.363 e. The summed E-state index contributed by atoms with van der Waals surface area (Å²) < 4.78 is 1.92. The number of hydrogen-bond acceptors (Lipinski definition) is 6. The van der Waals surface area contributed by atoms with Crippen LogP contribution in [0.15, 0.2) is 72.5 Å². The molecule has 9 heteroatoms. The van der Waals surface area contributed by atoms with Gasteiger partial charge in [0.15, 0.2) is 5.13 Å². The molecular weight excluding hydrogens is 484 g/mol. The van der Waals surface area contributed by atoms with Gasteiger partial charge in [0.1, 0.15) is 5.69 Å². The summed E-state index contributed by atoms with van der Waals surface area (Å²) in [6, 6.07) is 16.1. The lowest BCUT2D eigenvalue weighted by molar-refractivity contribution is -0.119. The fourth-order valence-electron chi connectivity index (χ4n) is 4.83. The lowest BCUT2D eigenvalue weighted by Crippen LogP contribution is -2.24. The number of benzene rings is 1. The minimum atomic E-state index is -0.174. The molecule has 4 heterocycles. The van der Waals surface area contributed by atoms with Crippen LogP contribution in [0.3, 0.4) is 0 Å². The van der Waals surface area contributed by atoms with Gasteiger partial charge in [-0.25, -0.2) is 4.98 Å². The lowest BCUT2D eigenvalue weighted by Gasteiger charge is -2.26. The van der Waals surface area contributed by atoms with Crippen LogP contribution >= 0.6 is 11.3 Å². The summed E-state index contributed by atoms with van der Waals surface area (Å²) in [5.74, 6) is -0.211. The second-order valence-electron chi connectivity index (χ2n) is 9.27. The highest BCUT2D eigenvalue weighted by molar-refractivity contribution is 7.14.